The third-order valence-electron chi connectivity index (χ3n) is 5.24. The van der Waals surface area contributed by atoms with E-state index in [9.17, 15) is 5.11 Å². The topological polar surface area (TPSA) is 109 Å². The summed E-state index contributed by atoms with van der Waals surface area (Å²) < 4.78 is 29.4. The maximum absolute atomic E-state index is 10.2. The van der Waals surface area contributed by atoms with Crippen LogP contribution in [0.25, 0.3) is 17.1 Å². The van der Waals surface area contributed by atoms with E-state index in [0.29, 0.717) is 43.7 Å². The molecule has 0 radical (unpaired) electrons. The molecule has 0 aliphatic carbocycles. The molecule has 2 N–H and O–H groups in total. The summed E-state index contributed by atoms with van der Waals surface area (Å²) in [4.78, 5) is 4.62. The molecule has 4 rings (SSSR count). The average molecular weight is 499 g/mol. The quantitative estimate of drug-likeness (QED) is 0.362. The third-order valence-corrected chi connectivity index (χ3v) is 5.24. The number of nitrogens with zero attached hydrogens (tertiary/aromatic N) is 3. The van der Waals surface area contributed by atoms with Crippen molar-refractivity contribution in [2.75, 3.05) is 45.1 Å². The van der Waals surface area contributed by atoms with Crippen LogP contribution >= 0.6 is 0 Å². The number of aliphatic hydroxyl groups excluding tert-OH is 1. The number of aliphatic hydroxyl groups is 1. The lowest BCUT2D eigenvalue weighted by atomic mass is 10.2. The maximum atomic E-state index is 10.2. The zero-order valence-corrected chi connectivity index (χ0v) is 21.2. The minimum Gasteiger partial charge on any atom is -0.460 e. The molecule has 1 aromatic heterocycles. The second-order valence-corrected chi connectivity index (χ2v) is 9.25. The first-order valence-corrected chi connectivity index (χ1v) is 12.1. The van der Waals surface area contributed by atoms with Crippen molar-refractivity contribution >= 4 is 5.69 Å². The van der Waals surface area contributed by atoms with E-state index in [2.05, 4.69) is 15.4 Å². The van der Waals surface area contributed by atoms with Crippen LogP contribution in [0.15, 0.2) is 42.5 Å². The Morgan fingerprint density at radius 2 is 1.86 bits per heavy atom. The van der Waals surface area contributed by atoms with E-state index in [1.54, 1.807) is 4.68 Å². The summed E-state index contributed by atoms with van der Waals surface area (Å²) in [6, 6.07) is 13.6. The number of rotatable bonds is 12. The molecule has 10 heteroatoms. The number of hydrogen-bond acceptors (Lipinski definition) is 9. The predicted octanol–water partition coefficient (Wildman–Crippen LogP) is 3.67. The molecule has 0 saturated heterocycles. The molecule has 0 saturated carbocycles. The van der Waals surface area contributed by atoms with Crippen molar-refractivity contribution in [3.8, 4) is 34.6 Å². The van der Waals surface area contributed by atoms with E-state index in [4.69, 9.17) is 23.7 Å². The molecule has 10 nitrogen and oxygen atoms in total. The Morgan fingerprint density at radius 1 is 1.08 bits per heavy atom. The van der Waals surface area contributed by atoms with Gasteiger partial charge in [0.15, 0.2) is 17.3 Å². The fraction of sp³-hybridized carbons (Fsp3) is 0.462. The van der Waals surface area contributed by atoms with Crippen LogP contribution in [0, 0.1) is 0 Å². The van der Waals surface area contributed by atoms with Crippen LogP contribution in [-0.2, 0) is 9.47 Å². The molecule has 1 atom stereocenters. The molecule has 3 aromatic rings. The summed E-state index contributed by atoms with van der Waals surface area (Å²) in [6.45, 7) is 10.1. The van der Waals surface area contributed by atoms with Crippen LogP contribution < -0.4 is 19.5 Å². The van der Waals surface area contributed by atoms with Gasteiger partial charge in [0.05, 0.1) is 30.6 Å². The second kappa shape index (κ2) is 11.6. The fourth-order valence-corrected chi connectivity index (χ4v) is 3.45. The van der Waals surface area contributed by atoms with Crippen LogP contribution in [0.3, 0.4) is 0 Å². The summed E-state index contributed by atoms with van der Waals surface area (Å²) in [5.74, 6) is 1.97. The molecule has 1 aliphatic heterocycles. The van der Waals surface area contributed by atoms with Gasteiger partial charge < -0.3 is 34.1 Å². The van der Waals surface area contributed by atoms with Gasteiger partial charge in [-0.2, -0.15) is 4.98 Å². The Bertz CT molecular complexity index is 1130. The number of hydrogen-bond donors (Lipinski definition) is 2. The van der Waals surface area contributed by atoms with Gasteiger partial charge in [0, 0.05) is 24.4 Å². The van der Waals surface area contributed by atoms with E-state index >= 15 is 0 Å². The van der Waals surface area contributed by atoms with Crippen molar-refractivity contribution in [1.82, 2.24) is 14.8 Å². The maximum Gasteiger partial charge on any atom is 0.336 e. The van der Waals surface area contributed by atoms with Gasteiger partial charge in [0.1, 0.15) is 6.61 Å². The van der Waals surface area contributed by atoms with Gasteiger partial charge in [-0.3, -0.25) is 0 Å². The molecule has 1 aliphatic rings. The van der Waals surface area contributed by atoms with E-state index in [-0.39, 0.29) is 25.0 Å². The highest BCUT2D eigenvalue weighted by Gasteiger charge is 2.20. The summed E-state index contributed by atoms with van der Waals surface area (Å²) in [7, 11) is 0. The minimum absolute atomic E-state index is 0.197. The monoisotopic (exact) mass is 498 g/mol. The smallest absolute Gasteiger partial charge is 0.336 e. The molecule has 0 bridgehead atoms. The van der Waals surface area contributed by atoms with E-state index in [1.807, 2.05) is 70.2 Å². The summed E-state index contributed by atoms with van der Waals surface area (Å²) >= 11 is 0. The lowest BCUT2D eigenvalue weighted by Crippen LogP contribution is -2.30. The lowest BCUT2D eigenvalue weighted by molar-refractivity contribution is -0.0449. The third kappa shape index (κ3) is 6.87. The summed E-state index contributed by atoms with van der Waals surface area (Å²) in [6.07, 6.45) is -0.617. The van der Waals surface area contributed by atoms with Crippen LogP contribution in [0.2, 0.25) is 0 Å². The molecule has 2 aromatic carbocycles. The summed E-state index contributed by atoms with van der Waals surface area (Å²) in [5.41, 5.74) is 2.20. The van der Waals surface area contributed by atoms with Crippen molar-refractivity contribution in [1.29, 1.82) is 0 Å². The number of fused-ring (bicyclic) bond motifs is 1. The first kappa shape index (κ1) is 25.7. The normalized spacial score (nSPS) is 13.6. The minimum atomic E-state index is -0.617. The second-order valence-electron chi connectivity index (χ2n) is 9.25. The van der Waals surface area contributed by atoms with Crippen molar-refractivity contribution < 1.29 is 28.8 Å². The van der Waals surface area contributed by atoms with Crippen molar-refractivity contribution in [3.05, 3.63) is 42.5 Å². The van der Waals surface area contributed by atoms with Gasteiger partial charge >= 0.3 is 6.01 Å². The van der Waals surface area contributed by atoms with Crippen LogP contribution in [-0.4, -0.2) is 71.3 Å². The molecular weight excluding hydrogens is 464 g/mol. The Hall–Kier alpha value is -3.34. The molecule has 36 heavy (non-hydrogen) atoms. The van der Waals surface area contributed by atoms with Crippen molar-refractivity contribution in [2.24, 2.45) is 0 Å². The van der Waals surface area contributed by atoms with Gasteiger partial charge in [-0.25, -0.2) is 4.68 Å². The highest BCUT2D eigenvalue weighted by atomic mass is 16.7. The van der Waals surface area contributed by atoms with Crippen LogP contribution in [0.5, 0.6) is 17.5 Å². The van der Waals surface area contributed by atoms with E-state index in [1.165, 1.54) is 0 Å². The number of aromatic nitrogens is 3. The first-order chi connectivity index (χ1) is 17.3. The van der Waals surface area contributed by atoms with Crippen LogP contribution in [0.1, 0.15) is 27.7 Å². The molecular formula is C26H34N4O6. The zero-order chi connectivity index (χ0) is 25.5. The largest absolute Gasteiger partial charge is 0.460 e. The van der Waals surface area contributed by atoms with E-state index < -0.39 is 6.10 Å². The molecule has 0 amide bonds. The van der Waals surface area contributed by atoms with E-state index in [0.717, 1.165) is 16.9 Å². The predicted molar refractivity (Wildman–Crippen MR) is 135 cm³/mol. The van der Waals surface area contributed by atoms with Gasteiger partial charge in [0.25, 0.3) is 0 Å². The number of ether oxygens (including phenoxy) is 5. The Balaban J connectivity index is 1.50. The molecule has 0 unspecified atom stereocenters. The number of nitrogens with one attached hydrogen (secondary N) is 1. The van der Waals surface area contributed by atoms with Crippen LogP contribution in [0.4, 0.5) is 5.69 Å². The van der Waals surface area contributed by atoms with Gasteiger partial charge in [0.2, 0.25) is 6.79 Å². The highest BCUT2D eigenvalue weighted by molar-refractivity contribution is 5.64. The zero-order valence-electron chi connectivity index (χ0n) is 21.2. The summed E-state index contributed by atoms with van der Waals surface area (Å²) in [5, 5.41) is 18.0. The Labute approximate surface area is 211 Å². The number of anilines is 1. The molecule has 194 valence electrons. The first-order valence-electron chi connectivity index (χ1n) is 12.1. The van der Waals surface area contributed by atoms with Crippen molar-refractivity contribution in [2.45, 2.75) is 39.4 Å². The highest BCUT2D eigenvalue weighted by Crippen LogP contribution is 2.36. The SMILES string of the molecule is CCOCCOc1nc(-c2ccc3c(c2)OCO3)n(-c2ccc(NC[C@H](O)COC(C)(C)C)cc2)n1. The van der Waals surface area contributed by atoms with Gasteiger partial charge in [-0.1, -0.05) is 0 Å². The standard InChI is InChI=1S/C26H34N4O6/c1-5-32-12-13-33-25-28-24(18-6-11-22-23(14-18)35-17-34-22)30(29-25)20-9-7-19(8-10-20)27-15-21(31)16-36-26(2,3)4/h6-11,14,21,27,31H,5,12-13,15-17H2,1-4H3/t21-/m0/s1. The Morgan fingerprint density at radius 3 is 2.61 bits per heavy atom. The molecule has 0 spiro atoms. The Kier molecular flexibility index (Phi) is 8.29. The molecule has 0 fully saturated rings. The van der Waals surface area contributed by atoms with Crippen molar-refractivity contribution in [3.63, 3.8) is 0 Å². The van der Waals surface area contributed by atoms with Gasteiger partial charge in [-0.15, -0.1) is 5.10 Å². The van der Waals surface area contributed by atoms with Gasteiger partial charge in [-0.05, 0) is 70.2 Å². The number of benzene rings is 2. The fourth-order valence-electron chi connectivity index (χ4n) is 3.45. The lowest BCUT2D eigenvalue weighted by Gasteiger charge is -2.22. The average Bonchev–Trinajstić information content (AvgIpc) is 3.51. The molecule has 2 heterocycles.